The number of aliphatic imine (C=N–C) groups is 1. The molecule has 0 N–H and O–H groups in total. The van der Waals surface area contributed by atoms with Gasteiger partial charge in [-0.2, -0.15) is 0 Å². The minimum Gasteiger partial charge on any atom is -0.331 e. The van der Waals surface area contributed by atoms with Crippen LogP contribution in [0.5, 0.6) is 0 Å². The van der Waals surface area contributed by atoms with E-state index >= 15 is 0 Å². The average Bonchev–Trinajstić information content (AvgIpc) is 3.17. The molecule has 1 saturated heterocycles. The number of imidazole rings is 1. The SMILES string of the molecule is CC(C)(C)C1=NC2CCCCN2C1.Cn1c(C(C)(C)C)nc2ccccc21. The van der Waals surface area contributed by atoms with Crippen molar-refractivity contribution >= 4 is 16.7 Å². The number of benzene rings is 1. The molecule has 1 atom stereocenters. The second kappa shape index (κ2) is 7.38. The Morgan fingerprint density at radius 2 is 1.67 bits per heavy atom. The smallest absolute Gasteiger partial charge is 0.115 e. The third-order valence-corrected chi connectivity index (χ3v) is 5.56. The summed E-state index contributed by atoms with van der Waals surface area (Å²) in [6, 6.07) is 8.25. The van der Waals surface area contributed by atoms with E-state index in [-0.39, 0.29) is 10.8 Å². The van der Waals surface area contributed by atoms with Gasteiger partial charge < -0.3 is 4.57 Å². The van der Waals surface area contributed by atoms with Gasteiger partial charge in [-0.1, -0.05) is 53.7 Å². The topological polar surface area (TPSA) is 33.4 Å². The van der Waals surface area contributed by atoms with E-state index in [1.54, 1.807) is 0 Å². The molecule has 4 heteroatoms. The molecule has 1 fully saturated rings. The van der Waals surface area contributed by atoms with Crippen LogP contribution in [0.3, 0.4) is 0 Å². The van der Waals surface area contributed by atoms with Gasteiger partial charge in [0.15, 0.2) is 0 Å². The molecule has 2 aliphatic heterocycles. The Morgan fingerprint density at radius 3 is 2.26 bits per heavy atom. The van der Waals surface area contributed by atoms with E-state index in [0.717, 1.165) is 17.9 Å². The van der Waals surface area contributed by atoms with Gasteiger partial charge >= 0.3 is 0 Å². The summed E-state index contributed by atoms with van der Waals surface area (Å²) >= 11 is 0. The van der Waals surface area contributed by atoms with E-state index in [2.05, 4.69) is 81.2 Å². The highest BCUT2D eigenvalue weighted by Crippen LogP contribution is 2.28. The number of para-hydroxylation sites is 2. The van der Waals surface area contributed by atoms with Crippen LogP contribution >= 0.6 is 0 Å². The summed E-state index contributed by atoms with van der Waals surface area (Å²) in [5.74, 6) is 1.14. The van der Waals surface area contributed by atoms with E-state index < -0.39 is 0 Å². The molecule has 0 radical (unpaired) electrons. The molecule has 1 aromatic carbocycles. The largest absolute Gasteiger partial charge is 0.331 e. The minimum absolute atomic E-state index is 0.105. The first kappa shape index (κ1) is 20.1. The highest BCUT2D eigenvalue weighted by Gasteiger charge is 2.33. The summed E-state index contributed by atoms with van der Waals surface area (Å²) in [6.07, 6.45) is 4.54. The summed E-state index contributed by atoms with van der Waals surface area (Å²) in [5, 5.41) is 0. The predicted octanol–water partition coefficient (Wildman–Crippen LogP) is 5.17. The molecule has 148 valence electrons. The monoisotopic (exact) mass is 368 g/mol. The van der Waals surface area contributed by atoms with Crippen LogP contribution in [0.15, 0.2) is 29.3 Å². The summed E-state index contributed by atoms with van der Waals surface area (Å²) in [6.45, 7) is 15.7. The van der Waals surface area contributed by atoms with Crippen molar-refractivity contribution in [2.24, 2.45) is 17.5 Å². The molecule has 2 aliphatic rings. The van der Waals surface area contributed by atoms with Crippen LogP contribution in [-0.4, -0.2) is 39.4 Å². The molecule has 2 aromatic rings. The van der Waals surface area contributed by atoms with Crippen LogP contribution in [0.25, 0.3) is 11.0 Å². The third-order valence-electron chi connectivity index (χ3n) is 5.56. The molecule has 4 nitrogen and oxygen atoms in total. The molecular weight excluding hydrogens is 332 g/mol. The molecule has 0 aliphatic carbocycles. The van der Waals surface area contributed by atoms with Crippen molar-refractivity contribution in [3.63, 3.8) is 0 Å². The normalized spacial score (nSPS) is 20.9. The van der Waals surface area contributed by atoms with E-state index in [1.165, 1.54) is 37.0 Å². The van der Waals surface area contributed by atoms with E-state index in [1.807, 2.05) is 6.07 Å². The second-order valence-electron chi connectivity index (χ2n) is 10.0. The third kappa shape index (κ3) is 4.43. The summed E-state index contributed by atoms with van der Waals surface area (Å²) < 4.78 is 2.18. The Morgan fingerprint density at radius 1 is 0.963 bits per heavy atom. The highest BCUT2D eigenvalue weighted by atomic mass is 15.3. The summed E-state index contributed by atoms with van der Waals surface area (Å²) in [5.41, 5.74) is 4.07. The number of fused-ring (bicyclic) bond motifs is 2. The fourth-order valence-corrected chi connectivity index (χ4v) is 3.96. The molecule has 0 bridgehead atoms. The lowest BCUT2D eigenvalue weighted by molar-refractivity contribution is 0.194. The van der Waals surface area contributed by atoms with Gasteiger partial charge in [0.05, 0.1) is 11.0 Å². The number of nitrogens with zero attached hydrogens (tertiary/aromatic N) is 4. The zero-order chi connectivity index (χ0) is 19.8. The van der Waals surface area contributed by atoms with Crippen LogP contribution < -0.4 is 0 Å². The second-order valence-corrected chi connectivity index (χ2v) is 10.0. The standard InChI is InChI=1S/C12H16N2.C11H20N2/c1-12(2,3)11-13-9-7-5-6-8-10(9)14(11)4;1-11(2,3)9-8-13-7-5-4-6-10(13)12-9/h5-8H,1-4H3;10H,4-8H2,1-3H3. The van der Waals surface area contributed by atoms with E-state index in [9.17, 15) is 0 Å². The summed E-state index contributed by atoms with van der Waals surface area (Å²) in [7, 11) is 2.08. The van der Waals surface area contributed by atoms with Crippen molar-refractivity contribution in [3.8, 4) is 0 Å². The van der Waals surface area contributed by atoms with Crippen molar-refractivity contribution in [3.05, 3.63) is 30.1 Å². The van der Waals surface area contributed by atoms with Crippen LogP contribution in [0.4, 0.5) is 0 Å². The van der Waals surface area contributed by atoms with Crippen molar-refractivity contribution in [2.75, 3.05) is 13.1 Å². The van der Waals surface area contributed by atoms with Crippen molar-refractivity contribution in [2.45, 2.75) is 72.4 Å². The van der Waals surface area contributed by atoms with Crippen LogP contribution in [-0.2, 0) is 12.5 Å². The Hall–Kier alpha value is -1.68. The summed E-state index contributed by atoms with van der Waals surface area (Å²) in [4.78, 5) is 12.0. The van der Waals surface area contributed by atoms with Gasteiger partial charge in [0.25, 0.3) is 0 Å². The highest BCUT2D eigenvalue weighted by molar-refractivity contribution is 5.92. The van der Waals surface area contributed by atoms with Crippen LogP contribution in [0.2, 0.25) is 0 Å². The molecule has 1 unspecified atom stereocenters. The molecule has 0 spiro atoms. The number of aromatic nitrogens is 2. The lowest BCUT2D eigenvalue weighted by atomic mass is 9.90. The molecule has 0 saturated carbocycles. The number of hydrogen-bond donors (Lipinski definition) is 0. The molecular formula is C23H36N4. The first-order valence-corrected chi connectivity index (χ1v) is 10.3. The molecule has 0 amide bonds. The van der Waals surface area contributed by atoms with Crippen LogP contribution in [0, 0.1) is 5.41 Å². The average molecular weight is 369 g/mol. The lowest BCUT2D eigenvalue weighted by Crippen LogP contribution is -2.36. The van der Waals surface area contributed by atoms with E-state index in [4.69, 9.17) is 4.99 Å². The predicted molar refractivity (Wildman–Crippen MR) is 116 cm³/mol. The first-order valence-electron chi connectivity index (χ1n) is 10.3. The first-order chi connectivity index (χ1) is 12.6. The lowest BCUT2D eigenvalue weighted by Gasteiger charge is -2.27. The zero-order valence-electron chi connectivity index (χ0n) is 18.2. The van der Waals surface area contributed by atoms with Gasteiger partial charge in [0.2, 0.25) is 0 Å². The van der Waals surface area contributed by atoms with Crippen LogP contribution in [0.1, 0.15) is 66.6 Å². The zero-order valence-corrected chi connectivity index (χ0v) is 18.2. The number of piperidine rings is 1. The van der Waals surface area contributed by atoms with Gasteiger partial charge in [-0.3, -0.25) is 9.89 Å². The quantitative estimate of drug-likeness (QED) is 0.643. The number of aryl methyl sites for hydroxylation is 1. The van der Waals surface area contributed by atoms with Crippen molar-refractivity contribution in [1.29, 1.82) is 0 Å². The Balaban J connectivity index is 0.000000156. The maximum atomic E-state index is 4.82. The molecule has 1 aromatic heterocycles. The van der Waals surface area contributed by atoms with Gasteiger partial charge in [-0.15, -0.1) is 0 Å². The fraction of sp³-hybridized carbons (Fsp3) is 0.652. The van der Waals surface area contributed by atoms with Gasteiger partial charge in [0, 0.05) is 36.7 Å². The van der Waals surface area contributed by atoms with E-state index in [0.29, 0.717) is 6.17 Å². The van der Waals surface area contributed by atoms with Crippen molar-refractivity contribution in [1.82, 2.24) is 14.5 Å². The Labute approximate surface area is 164 Å². The van der Waals surface area contributed by atoms with Gasteiger partial charge in [0.1, 0.15) is 12.0 Å². The molecule has 4 rings (SSSR count). The Bertz CT molecular complexity index is 817. The molecule has 27 heavy (non-hydrogen) atoms. The number of hydrogen-bond acceptors (Lipinski definition) is 3. The maximum absolute atomic E-state index is 4.82. The number of rotatable bonds is 0. The fourth-order valence-electron chi connectivity index (χ4n) is 3.96. The van der Waals surface area contributed by atoms with Crippen molar-refractivity contribution < 1.29 is 0 Å². The molecule has 3 heterocycles. The maximum Gasteiger partial charge on any atom is 0.115 e. The Kier molecular flexibility index (Phi) is 5.49. The van der Waals surface area contributed by atoms with Gasteiger partial charge in [-0.05, 0) is 31.4 Å². The minimum atomic E-state index is 0.105. The van der Waals surface area contributed by atoms with Gasteiger partial charge in [-0.25, -0.2) is 4.98 Å².